The number of hydrogen-bond acceptors (Lipinski definition) is 3. The van der Waals surface area contributed by atoms with Gasteiger partial charge in [0.2, 0.25) is 5.78 Å². The molecule has 1 aliphatic rings. The highest BCUT2D eigenvalue weighted by Gasteiger charge is 2.18. The van der Waals surface area contributed by atoms with Gasteiger partial charge < -0.3 is 0 Å². The van der Waals surface area contributed by atoms with Crippen LogP contribution >= 0.6 is 23.1 Å². The van der Waals surface area contributed by atoms with Crippen LogP contribution in [0.25, 0.3) is 0 Å². The first kappa shape index (κ1) is 14.9. The first-order valence-corrected chi connectivity index (χ1v) is 9.43. The summed E-state index contributed by atoms with van der Waals surface area (Å²) in [4.78, 5) is 15.0. The zero-order chi connectivity index (χ0) is 14.8. The maximum absolute atomic E-state index is 12.7. The molecule has 0 spiro atoms. The molecule has 1 aromatic heterocycles. The fourth-order valence-electron chi connectivity index (χ4n) is 2.71. The first-order chi connectivity index (χ1) is 10.1. The molecule has 0 saturated heterocycles. The van der Waals surface area contributed by atoms with Crippen molar-refractivity contribution >= 4 is 28.9 Å². The summed E-state index contributed by atoms with van der Waals surface area (Å²) in [5.74, 6) is 3.05. The smallest absolute Gasteiger partial charge is 0.202 e. The fourth-order valence-corrected chi connectivity index (χ4v) is 5.05. The average molecular weight is 316 g/mol. The Hall–Kier alpha value is -1.06. The number of benzene rings is 1. The normalized spacial score (nSPS) is 14.2. The molecule has 2 heterocycles. The molecule has 2 aromatic rings. The molecular formula is C18H20OS2. The predicted octanol–water partition coefficient (Wildman–Crippen LogP) is 4.97. The van der Waals surface area contributed by atoms with E-state index >= 15 is 0 Å². The molecular weight excluding hydrogens is 296 g/mol. The van der Waals surface area contributed by atoms with Gasteiger partial charge in [-0.3, -0.25) is 4.79 Å². The highest BCUT2D eigenvalue weighted by Crippen LogP contribution is 2.32. The minimum atomic E-state index is 0.185. The summed E-state index contributed by atoms with van der Waals surface area (Å²) >= 11 is 3.66. The molecule has 1 nitrogen and oxygen atoms in total. The monoisotopic (exact) mass is 316 g/mol. The third-order valence-corrected chi connectivity index (χ3v) is 5.93. The van der Waals surface area contributed by atoms with E-state index in [4.69, 9.17) is 0 Å². The molecule has 1 aromatic carbocycles. The zero-order valence-corrected chi connectivity index (χ0v) is 14.2. The fraction of sp³-hybridized carbons (Fsp3) is 0.389. The Morgan fingerprint density at radius 2 is 2.14 bits per heavy atom. The lowest BCUT2D eigenvalue weighted by Gasteiger charge is -2.08. The van der Waals surface area contributed by atoms with Crippen LogP contribution in [0.15, 0.2) is 30.3 Å². The van der Waals surface area contributed by atoms with E-state index in [1.165, 1.54) is 21.8 Å². The van der Waals surface area contributed by atoms with Crippen molar-refractivity contribution in [2.45, 2.75) is 32.4 Å². The van der Waals surface area contributed by atoms with E-state index < -0.39 is 0 Å². The minimum absolute atomic E-state index is 0.185. The third-order valence-electron chi connectivity index (χ3n) is 3.68. The number of hydrogen-bond donors (Lipinski definition) is 0. The van der Waals surface area contributed by atoms with Crippen LogP contribution in [-0.2, 0) is 18.6 Å². The minimum Gasteiger partial charge on any atom is -0.288 e. The molecule has 110 valence electrons. The van der Waals surface area contributed by atoms with Crippen LogP contribution in [0.4, 0.5) is 0 Å². The topological polar surface area (TPSA) is 17.1 Å². The number of thioether (sulfide) groups is 1. The Morgan fingerprint density at radius 1 is 1.29 bits per heavy atom. The molecule has 0 amide bonds. The van der Waals surface area contributed by atoms with Crippen molar-refractivity contribution in [1.29, 1.82) is 0 Å². The summed E-state index contributed by atoms with van der Waals surface area (Å²) < 4.78 is 0. The predicted molar refractivity (Wildman–Crippen MR) is 92.6 cm³/mol. The SMILES string of the molecule is CC(C)Cc1cccc(C(=O)c2cc3c(s2)CCSC3)c1. The Morgan fingerprint density at radius 3 is 2.90 bits per heavy atom. The second-order valence-corrected chi connectivity index (χ2v) is 8.23. The van der Waals surface area contributed by atoms with Gasteiger partial charge in [0.25, 0.3) is 0 Å². The van der Waals surface area contributed by atoms with Crippen molar-refractivity contribution in [2.75, 3.05) is 5.75 Å². The van der Waals surface area contributed by atoms with Gasteiger partial charge >= 0.3 is 0 Å². The number of rotatable bonds is 4. The second kappa shape index (κ2) is 6.37. The summed E-state index contributed by atoms with van der Waals surface area (Å²) in [5, 5.41) is 0. The third kappa shape index (κ3) is 3.41. The van der Waals surface area contributed by atoms with Crippen LogP contribution in [0.3, 0.4) is 0 Å². The maximum atomic E-state index is 12.7. The average Bonchev–Trinajstić information content (AvgIpc) is 2.90. The number of ketones is 1. The van der Waals surface area contributed by atoms with Gasteiger partial charge in [-0.05, 0) is 47.8 Å². The Labute approximate surface area is 134 Å². The van der Waals surface area contributed by atoms with E-state index in [9.17, 15) is 4.79 Å². The van der Waals surface area contributed by atoms with Gasteiger partial charge in [0.1, 0.15) is 0 Å². The van der Waals surface area contributed by atoms with Crippen LogP contribution in [0.1, 0.15) is 45.1 Å². The van der Waals surface area contributed by atoms with Gasteiger partial charge in [0.05, 0.1) is 4.88 Å². The Kier molecular flexibility index (Phi) is 4.51. The summed E-state index contributed by atoms with van der Waals surface area (Å²) in [5.41, 5.74) is 3.46. The molecule has 21 heavy (non-hydrogen) atoms. The molecule has 0 saturated carbocycles. The largest absolute Gasteiger partial charge is 0.288 e. The van der Waals surface area contributed by atoms with Crippen molar-refractivity contribution in [1.82, 2.24) is 0 Å². The molecule has 0 aliphatic carbocycles. The Balaban J connectivity index is 1.86. The van der Waals surface area contributed by atoms with Crippen LogP contribution in [0.5, 0.6) is 0 Å². The molecule has 0 bridgehead atoms. The molecule has 0 radical (unpaired) electrons. The standard InChI is InChI=1S/C18H20OS2/c1-12(2)8-13-4-3-5-14(9-13)18(19)17-10-15-11-20-7-6-16(15)21-17/h3-5,9-10,12H,6-8,11H2,1-2H3. The summed E-state index contributed by atoms with van der Waals surface area (Å²) in [6.45, 7) is 4.42. The van der Waals surface area contributed by atoms with Crippen molar-refractivity contribution in [3.8, 4) is 0 Å². The zero-order valence-electron chi connectivity index (χ0n) is 12.5. The first-order valence-electron chi connectivity index (χ1n) is 7.46. The van der Waals surface area contributed by atoms with Crippen LogP contribution in [-0.4, -0.2) is 11.5 Å². The van der Waals surface area contributed by atoms with E-state index in [0.29, 0.717) is 5.92 Å². The number of carbonyl (C=O) groups excluding carboxylic acids is 1. The molecule has 3 rings (SSSR count). The molecule has 1 aliphatic heterocycles. The van der Waals surface area contributed by atoms with Crippen molar-refractivity contribution in [3.05, 3.63) is 56.8 Å². The van der Waals surface area contributed by atoms with Gasteiger partial charge in [0.15, 0.2) is 0 Å². The van der Waals surface area contributed by atoms with E-state index in [1.807, 2.05) is 23.9 Å². The number of thiophene rings is 1. The Bertz CT molecular complexity index is 631. The molecule has 3 heteroatoms. The van der Waals surface area contributed by atoms with Crippen molar-refractivity contribution in [2.24, 2.45) is 5.92 Å². The van der Waals surface area contributed by atoms with Gasteiger partial charge in [-0.2, -0.15) is 11.8 Å². The van der Waals surface area contributed by atoms with Crippen LogP contribution in [0.2, 0.25) is 0 Å². The van der Waals surface area contributed by atoms with E-state index in [0.717, 1.165) is 29.0 Å². The lowest BCUT2D eigenvalue weighted by Crippen LogP contribution is -2.01. The summed E-state index contributed by atoms with van der Waals surface area (Å²) in [6.07, 6.45) is 2.14. The number of aryl methyl sites for hydroxylation is 1. The van der Waals surface area contributed by atoms with Gasteiger partial charge in [-0.15, -0.1) is 11.3 Å². The quantitative estimate of drug-likeness (QED) is 0.741. The van der Waals surface area contributed by atoms with Crippen molar-refractivity contribution < 1.29 is 4.79 Å². The van der Waals surface area contributed by atoms with Crippen molar-refractivity contribution in [3.63, 3.8) is 0 Å². The molecule has 0 fully saturated rings. The van der Waals surface area contributed by atoms with Crippen LogP contribution in [0, 0.1) is 5.92 Å². The summed E-state index contributed by atoms with van der Waals surface area (Å²) in [6, 6.07) is 10.3. The maximum Gasteiger partial charge on any atom is 0.202 e. The molecule has 0 N–H and O–H groups in total. The van der Waals surface area contributed by atoms with E-state index in [-0.39, 0.29) is 5.78 Å². The van der Waals surface area contributed by atoms with Gasteiger partial charge in [-0.1, -0.05) is 32.0 Å². The molecule has 0 atom stereocenters. The number of carbonyl (C=O) groups is 1. The number of fused-ring (bicyclic) bond motifs is 1. The van der Waals surface area contributed by atoms with Gasteiger partial charge in [-0.25, -0.2) is 0 Å². The lowest BCUT2D eigenvalue weighted by atomic mass is 9.99. The highest BCUT2D eigenvalue weighted by molar-refractivity contribution is 7.98. The molecule has 0 unspecified atom stereocenters. The highest BCUT2D eigenvalue weighted by atomic mass is 32.2. The van der Waals surface area contributed by atoms with Gasteiger partial charge in [0, 0.05) is 16.2 Å². The summed E-state index contributed by atoms with van der Waals surface area (Å²) in [7, 11) is 0. The van der Waals surface area contributed by atoms with E-state index in [2.05, 4.69) is 32.0 Å². The lowest BCUT2D eigenvalue weighted by molar-refractivity contribution is 0.104. The van der Waals surface area contributed by atoms with E-state index in [1.54, 1.807) is 11.3 Å². The second-order valence-electron chi connectivity index (χ2n) is 5.99. The van der Waals surface area contributed by atoms with Crippen LogP contribution < -0.4 is 0 Å².